The maximum atomic E-state index is 12.0. The number of imide groups is 1. The monoisotopic (exact) mass is 355 g/mol. The van der Waals surface area contributed by atoms with E-state index in [-0.39, 0.29) is 24.3 Å². The number of piperazine rings is 1. The Kier molecular flexibility index (Phi) is 4.22. The Labute approximate surface area is 127 Å². The number of amides is 4. The lowest BCUT2D eigenvalue weighted by Gasteiger charge is -2.25. The fourth-order valence-electron chi connectivity index (χ4n) is 1.78. The molecule has 110 valence electrons. The number of benzene rings is 1. The summed E-state index contributed by atoms with van der Waals surface area (Å²) in [6, 6.07) is 3.60. The van der Waals surface area contributed by atoms with Gasteiger partial charge in [-0.3, -0.25) is 14.9 Å². The van der Waals surface area contributed by atoms with E-state index in [1.54, 1.807) is 6.07 Å². The van der Waals surface area contributed by atoms with Crippen molar-refractivity contribution in [3.05, 3.63) is 28.2 Å². The number of hydrogen-bond donors (Lipinski definition) is 3. The van der Waals surface area contributed by atoms with Gasteiger partial charge in [-0.05, 0) is 18.2 Å². The standard InChI is InChI=1S/C12H10BrN3O5/c13-6-1-2-8(7(3-6)11(19)20)14-12(21)16-4-9(17)15-10(18)5-16/h1-3H,4-5H2,(H,14,21)(H,19,20)(H,15,17,18). The normalized spacial score (nSPS) is 14.6. The number of anilines is 1. The van der Waals surface area contributed by atoms with Gasteiger partial charge in [-0.25, -0.2) is 9.59 Å². The number of carboxylic acids is 1. The van der Waals surface area contributed by atoms with Gasteiger partial charge < -0.3 is 15.3 Å². The van der Waals surface area contributed by atoms with Crippen molar-refractivity contribution in [1.82, 2.24) is 10.2 Å². The highest BCUT2D eigenvalue weighted by molar-refractivity contribution is 9.10. The van der Waals surface area contributed by atoms with Crippen molar-refractivity contribution in [1.29, 1.82) is 0 Å². The first kappa shape index (κ1) is 15.0. The van der Waals surface area contributed by atoms with Gasteiger partial charge in [0, 0.05) is 4.47 Å². The van der Waals surface area contributed by atoms with Gasteiger partial charge in [0.1, 0.15) is 13.1 Å². The first-order valence-electron chi connectivity index (χ1n) is 5.78. The molecule has 0 aromatic heterocycles. The molecule has 0 spiro atoms. The van der Waals surface area contributed by atoms with E-state index in [9.17, 15) is 19.2 Å². The van der Waals surface area contributed by atoms with Crippen LogP contribution in [-0.2, 0) is 9.59 Å². The van der Waals surface area contributed by atoms with E-state index in [1.165, 1.54) is 12.1 Å². The lowest BCUT2D eigenvalue weighted by molar-refractivity contribution is -0.134. The van der Waals surface area contributed by atoms with E-state index in [1.807, 2.05) is 0 Å². The smallest absolute Gasteiger partial charge is 0.337 e. The molecular formula is C12H10BrN3O5. The third-order valence-corrected chi connectivity index (χ3v) is 3.18. The molecule has 4 amide bonds. The van der Waals surface area contributed by atoms with Gasteiger partial charge in [-0.2, -0.15) is 0 Å². The van der Waals surface area contributed by atoms with Gasteiger partial charge in [-0.1, -0.05) is 15.9 Å². The van der Waals surface area contributed by atoms with Crippen LogP contribution in [0, 0.1) is 0 Å². The van der Waals surface area contributed by atoms with Gasteiger partial charge in [0.05, 0.1) is 11.3 Å². The van der Waals surface area contributed by atoms with Crippen molar-refractivity contribution in [2.45, 2.75) is 0 Å². The van der Waals surface area contributed by atoms with Crippen LogP contribution < -0.4 is 10.6 Å². The number of carbonyl (C=O) groups excluding carboxylic acids is 3. The quantitative estimate of drug-likeness (QED) is 0.673. The molecule has 9 heteroatoms. The fraction of sp³-hybridized carbons (Fsp3) is 0.167. The van der Waals surface area contributed by atoms with Crippen molar-refractivity contribution in [2.24, 2.45) is 0 Å². The summed E-state index contributed by atoms with van der Waals surface area (Å²) < 4.78 is 0.547. The minimum absolute atomic E-state index is 0.0779. The van der Waals surface area contributed by atoms with Crippen molar-refractivity contribution in [3.63, 3.8) is 0 Å². The molecule has 1 fully saturated rings. The van der Waals surface area contributed by atoms with Crippen molar-refractivity contribution in [3.8, 4) is 0 Å². The van der Waals surface area contributed by atoms with Crippen molar-refractivity contribution < 1.29 is 24.3 Å². The molecule has 0 aliphatic carbocycles. The molecule has 1 saturated heterocycles. The van der Waals surface area contributed by atoms with Gasteiger partial charge in [-0.15, -0.1) is 0 Å². The molecular weight excluding hydrogens is 346 g/mol. The molecule has 1 aromatic carbocycles. The van der Waals surface area contributed by atoms with Crippen LogP contribution in [0.25, 0.3) is 0 Å². The van der Waals surface area contributed by atoms with E-state index >= 15 is 0 Å². The number of hydrogen-bond acceptors (Lipinski definition) is 4. The average molecular weight is 356 g/mol. The summed E-state index contributed by atoms with van der Waals surface area (Å²) in [6.07, 6.45) is 0. The highest BCUT2D eigenvalue weighted by Gasteiger charge is 2.27. The van der Waals surface area contributed by atoms with Crippen LogP contribution in [0.1, 0.15) is 10.4 Å². The summed E-state index contributed by atoms with van der Waals surface area (Å²) in [6.45, 7) is -0.535. The van der Waals surface area contributed by atoms with Crippen LogP contribution in [0.15, 0.2) is 22.7 Å². The summed E-state index contributed by atoms with van der Waals surface area (Å²) in [5.74, 6) is -2.38. The summed E-state index contributed by atoms with van der Waals surface area (Å²) in [5.41, 5.74) is -0.0281. The van der Waals surface area contributed by atoms with E-state index in [2.05, 4.69) is 26.6 Å². The zero-order chi connectivity index (χ0) is 15.6. The van der Waals surface area contributed by atoms with Gasteiger partial charge in [0.25, 0.3) is 0 Å². The molecule has 1 aliphatic heterocycles. The number of carbonyl (C=O) groups is 4. The predicted molar refractivity (Wildman–Crippen MR) is 74.8 cm³/mol. The third-order valence-electron chi connectivity index (χ3n) is 2.69. The second kappa shape index (κ2) is 5.92. The van der Waals surface area contributed by atoms with Crippen molar-refractivity contribution in [2.75, 3.05) is 18.4 Å². The van der Waals surface area contributed by atoms with Gasteiger partial charge in [0.15, 0.2) is 0 Å². The molecule has 0 atom stereocenters. The second-order valence-electron chi connectivity index (χ2n) is 4.25. The zero-order valence-electron chi connectivity index (χ0n) is 10.6. The number of urea groups is 1. The van der Waals surface area contributed by atoms with Crippen molar-refractivity contribution >= 4 is 45.4 Å². The minimum atomic E-state index is -1.21. The molecule has 21 heavy (non-hydrogen) atoms. The number of carboxylic acid groups (broad SMARTS) is 1. The van der Waals surface area contributed by atoms with Crippen LogP contribution >= 0.6 is 15.9 Å². The number of aromatic carboxylic acids is 1. The molecule has 0 bridgehead atoms. The topological polar surface area (TPSA) is 116 Å². The van der Waals surface area contributed by atoms with Crippen LogP contribution in [0.5, 0.6) is 0 Å². The highest BCUT2D eigenvalue weighted by Crippen LogP contribution is 2.21. The van der Waals surface area contributed by atoms with E-state index < -0.39 is 23.8 Å². The number of nitrogens with one attached hydrogen (secondary N) is 2. The molecule has 1 aliphatic rings. The summed E-state index contributed by atoms with van der Waals surface area (Å²) >= 11 is 3.14. The second-order valence-corrected chi connectivity index (χ2v) is 5.17. The first-order valence-corrected chi connectivity index (χ1v) is 6.57. The van der Waals surface area contributed by atoms with Gasteiger partial charge in [0.2, 0.25) is 11.8 Å². The minimum Gasteiger partial charge on any atom is -0.478 e. The number of nitrogens with zero attached hydrogens (tertiary/aromatic N) is 1. The first-order chi connectivity index (χ1) is 9.86. The van der Waals surface area contributed by atoms with E-state index in [0.29, 0.717) is 4.47 Å². The summed E-state index contributed by atoms with van der Waals surface area (Å²) in [5, 5.41) is 13.5. The lowest BCUT2D eigenvalue weighted by atomic mass is 10.2. The predicted octanol–water partition coefficient (Wildman–Crippen LogP) is 0.638. The summed E-state index contributed by atoms with van der Waals surface area (Å²) in [4.78, 5) is 46.5. The maximum Gasteiger partial charge on any atom is 0.337 e. The Morgan fingerprint density at radius 1 is 1.24 bits per heavy atom. The Morgan fingerprint density at radius 2 is 1.86 bits per heavy atom. The maximum absolute atomic E-state index is 12.0. The van der Waals surface area contributed by atoms with Crippen LogP contribution in [0.3, 0.4) is 0 Å². The Hall–Kier alpha value is -2.42. The number of halogens is 1. The molecule has 1 heterocycles. The molecule has 0 unspecified atom stereocenters. The Bertz CT molecular complexity index is 630. The van der Waals surface area contributed by atoms with E-state index in [4.69, 9.17) is 5.11 Å². The van der Waals surface area contributed by atoms with Crippen LogP contribution in [0.2, 0.25) is 0 Å². The fourth-order valence-corrected chi connectivity index (χ4v) is 2.14. The summed E-state index contributed by atoms with van der Waals surface area (Å²) in [7, 11) is 0. The van der Waals surface area contributed by atoms with E-state index in [0.717, 1.165) is 4.90 Å². The SMILES string of the molecule is O=C1CN(C(=O)Nc2ccc(Br)cc2C(=O)O)CC(=O)N1. The Morgan fingerprint density at radius 3 is 2.43 bits per heavy atom. The number of rotatable bonds is 2. The van der Waals surface area contributed by atoms with Crippen LogP contribution in [-0.4, -0.2) is 46.9 Å². The highest BCUT2D eigenvalue weighted by atomic mass is 79.9. The largest absolute Gasteiger partial charge is 0.478 e. The molecule has 8 nitrogen and oxygen atoms in total. The zero-order valence-corrected chi connectivity index (χ0v) is 12.1. The molecule has 0 saturated carbocycles. The Balaban J connectivity index is 2.18. The molecule has 0 radical (unpaired) electrons. The molecule has 1 aromatic rings. The molecule has 2 rings (SSSR count). The average Bonchev–Trinajstić information content (AvgIpc) is 2.39. The van der Waals surface area contributed by atoms with Crippen LogP contribution in [0.4, 0.5) is 10.5 Å². The lowest BCUT2D eigenvalue weighted by Crippen LogP contribution is -2.54. The van der Waals surface area contributed by atoms with Gasteiger partial charge >= 0.3 is 12.0 Å². The molecule has 3 N–H and O–H groups in total. The third kappa shape index (κ3) is 3.57.